The van der Waals surface area contributed by atoms with Crippen LogP contribution in [0.2, 0.25) is 0 Å². The van der Waals surface area contributed by atoms with E-state index < -0.39 is 16.9 Å². The van der Waals surface area contributed by atoms with E-state index in [1.54, 1.807) is 43.3 Å². The smallest absolute Gasteiger partial charge is 0.265 e. The molecule has 0 saturated heterocycles. The van der Waals surface area contributed by atoms with Gasteiger partial charge in [-0.2, -0.15) is 0 Å². The van der Waals surface area contributed by atoms with Crippen molar-refractivity contribution >= 4 is 21.5 Å². The summed E-state index contributed by atoms with van der Waals surface area (Å²) in [7, 11) is 0. The molecule has 0 unspecified atom stereocenters. The molecule has 0 aliphatic carbocycles. The fourth-order valence-corrected chi connectivity index (χ4v) is 3.10. The maximum absolute atomic E-state index is 14.0. The van der Waals surface area contributed by atoms with Crippen LogP contribution >= 0.6 is 0 Å². The van der Waals surface area contributed by atoms with Gasteiger partial charge in [-0.3, -0.25) is 9.59 Å². The number of benzene rings is 3. The Balaban J connectivity index is 2.31. The minimum Gasteiger partial charge on any atom is -0.268 e. The summed E-state index contributed by atoms with van der Waals surface area (Å²) in [4.78, 5) is 26.2. The van der Waals surface area contributed by atoms with E-state index in [1.807, 2.05) is 24.3 Å². The Morgan fingerprint density at radius 2 is 1.20 bits per heavy atom. The SMILES string of the molecule is Cc1ccc(-n2c(=O)c3ccccc3c3ccccc3c2=O)cc1F. The molecule has 0 amide bonds. The van der Waals surface area contributed by atoms with Gasteiger partial charge in [0.2, 0.25) is 0 Å². The molecule has 0 atom stereocenters. The Kier molecular flexibility index (Phi) is 3.46. The lowest BCUT2D eigenvalue weighted by molar-refractivity contribution is 0.617. The van der Waals surface area contributed by atoms with Crippen molar-refractivity contribution in [2.75, 3.05) is 0 Å². The fraction of sp³-hybridized carbons (Fsp3) is 0.0476. The van der Waals surface area contributed by atoms with Crippen LogP contribution in [-0.4, -0.2) is 4.57 Å². The van der Waals surface area contributed by atoms with Gasteiger partial charge in [-0.25, -0.2) is 8.96 Å². The minimum absolute atomic E-state index is 0.226. The molecule has 0 aliphatic heterocycles. The summed E-state index contributed by atoms with van der Waals surface area (Å²) in [5, 5.41) is 2.24. The predicted octanol–water partition coefficient (Wildman–Crippen LogP) is 3.95. The molecule has 0 aliphatic rings. The third kappa shape index (κ3) is 2.34. The molecular formula is C21H14FNO2. The monoisotopic (exact) mass is 331 g/mol. The molecule has 4 aromatic rings. The summed E-state index contributed by atoms with van der Waals surface area (Å²) in [6.45, 7) is 1.63. The summed E-state index contributed by atoms with van der Waals surface area (Å²) in [6, 6.07) is 18.5. The maximum atomic E-state index is 14.0. The van der Waals surface area contributed by atoms with Gasteiger partial charge in [-0.05, 0) is 47.5 Å². The van der Waals surface area contributed by atoms with E-state index in [9.17, 15) is 14.0 Å². The number of halogens is 1. The van der Waals surface area contributed by atoms with Crippen LogP contribution in [0.5, 0.6) is 0 Å². The van der Waals surface area contributed by atoms with E-state index in [4.69, 9.17) is 0 Å². The average Bonchev–Trinajstić information content (AvgIpc) is 2.73. The molecule has 0 bridgehead atoms. The van der Waals surface area contributed by atoms with Gasteiger partial charge in [0, 0.05) is 10.8 Å². The van der Waals surface area contributed by atoms with Gasteiger partial charge < -0.3 is 0 Å². The molecule has 0 radical (unpaired) electrons. The van der Waals surface area contributed by atoms with Crippen molar-refractivity contribution in [2.45, 2.75) is 6.92 Å². The zero-order valence-corrected chi connectivity index (χ0v) is 13.5. The van der Waals surface area contributed by atoms with Crippen molar-refractivity contribution in [3.05, 3.63) is 98.8 Å². The highest BCUT2D eigenvalue weighted by atomic mass is 19.1. The maximum Gasteiger partial charge on any atom is 0.265 e. The van der Waals surface area contributed by atoms with E-state index in [0.29, 0.717) is 27.1 Å². The van der Waals surface area contributed by atoms with Crippen molar-refractivity contribution in [2.24, 2.45) is 0 Å². The largest absolute Gasteiger partial charge is 0.268 e. The van der Waals surface area contributed by atoms with Gasteiger partial charge in [-0.15, -0.1) is 0 Å². The molecule has 0 N–H and O–H groups in total. The summed E-state index contributed by atoms with van der Waals surface area (Å²) >= 11 is 0. The molecule has 3 aromatic carbocycles. The number of aromatic nitrogens is 1. The lowest BCUT2D eigenvalue weighted by Crippen LogP contribution is -2.28. The molecule has 0 saturated carbocycles. The van der Waals surface area contributed by atoms with Crippen molar-refractivity contribution in [3.8, 4) is 5.69 Å². The molecule has 1 aromatic heterocycles. The second-order valence-corrected chi connectivity index (χ2v) is 5.97. The molecule has 4 rings (SSSR count). The molecule has 0 fully saturated rings. The van der Waals surface area contributed by atoms with E-state index in [0.717, 1.165) is 4.57 Å². The molecule has 122 valence electrons. The van der Waals surface area contributed by atoms with Crippen molar-refractivity contribution in [1.29, 1.82) is 0 Å². The van der Waals surface area contributed by atoms with Crippen LogP contribution in [0.4, 0.5) is 4.39 Å². The quantitative estimate of drug-likeness (QED) is 0.530. The van der Waals surface area contributed by atoms with Crippen LogP contribution in [0.15, 0.2) is 76.3 Å². The highest BCUT2D eigenvalue weighted by Gasteiger charge is 2.12. The van der Waals surface area contributed by atoms with Gasteiger partial charge in [0.1, 0.15) is 5.82 Å². The number of fused-ring (bicyclic) bond motifs is 3. The molecule has 3 nitrogen and oxygen atoms in total. The van der Waals surface area contributed by atoms with Gasteiger partial charge in [0.25, 0.3) is 11.1 Å². The highest BCUT2D eigenvalue weighted by Crippen LogP contribution is 2.20. The summed E-state index contributed by atoms with van der Waals surface area (Å²) in [5.41, 5.74) is -0.232. The zero-order valence-electron chi connectivity index (χ0n) is 13.5. The van der Waals surface area contributed by atoms with E-state index in [-0.39, 0.29) is 5.69 Å². The predicted molar refractivity (Wildman–Crippen MR) is 98.0 cm³/mol. The van der Waals surface area contributed by atoms with Crippen LogP contribution in [0, 0.1) is 12.7 Å². The second-order valence-electron chi connectivity index (χ2n) is 5.97. The summed E-state index contributed by atoms with van der Waals surface area (Å²) in [6.07, 6.45) is 0. The number of hydrogen-bond acceptors (Lipinski definition) is 2. The van der Waals surface area contributed by atoms with Crippen LogP contribution < -0.4 is 11.1 Å². The third-order valence-corrected chi connectivity index (χ3v) is 4.42. The van der Waals surface area contributed by atoms with Crippen LogP contribution in [-0.2, 0) is 0 Å². The fourth-order valence-electron chi connectivity index (χ4n) is 3.10. The highest BCUT2D eigenvalue weighted by molar-refractivity contribution is 6.05. The number of rotatable bonds is 1. The van der Waals surface area contributed by atoms with Crippen LogP contribution in [0.3, 0.4) is 0 Å². The minimum atomic E-state index is -0.458. The standard InChI is InChI=1S/C21H14FNO2/c1-13-10-11-14(12-19(13)22)23-20(24)17-8-4-2-6-15(17)16-7-3-5-9-18(16)21(23)25/h2-12H,1H3. The van der Waals surface area contributed by atoms with Gasteiger partial charge >= 0.3 is 0 Å². The van der Waals surface area contributed by atoms with Gasteiger partial charge in [0.05, 0.1) is 5.69 Å². The lowest BCUT2D eigenvalue weighted by atomic mass is 10.1. The van der Waals surface area contributed by atoms with Crippen LogP contribution in [0.1, 0.15) is 5.56 Å². The third-order valence-electron chi connectivity index (χ3n) is 4.42. The summed E-state index contributed by atoms with van der Waals surface area (Å²) in [5.74, 6) is -0.455. The second kappa shape index (κ2) is 5.67. The Labute approximate surface area is 142 Å². The molecule has 4 heteroatoms. The lowest BCUT2D eigenvalue weighted by Gasteiger charge is -2.04. The van der Waals surface area contributed by atoms with Crippen molar-refractivity contribution in [3.63, 3.8) is 0 Å². The van der Waals surface area contributed by atoms with E-state index >= 15 is 0 Å². The number of nitrogens with zero attached hydrogens (tertiary/aromatic N) is 1. The normalized spacial score (nSPS) is 11.1. The first kappa shape index (κ1) is 15.3. The van der Waals surface area contributed by atoms with Gasteiger partial charge in [0.15, 0.2) is 0 Å². The van der Waals surface area contributed by atoms with Gasteiger partial charge in [-0.1, -0.05) is 42.5 Å². The number of hydrogen-bond donors (Lipinski definition) is 0. The Hall–Kier alpha value is -3.27. The van der Waals surface area contributed by atoms with Crippen molar-refractivity contribution < 1.29 is 4.39 Å². The molecule has 0 spiro atoms. The first-order valence-electron chi connectivity index (χ1n) is 7.91. The average molecular weight is 331 g/mol. The van der Waals surface area contributed by atoms with Crippen LogP contribution in [0.25, 0.3) is 27.2 Å². The molecular weight excluding hydrogens is 317 g/mol. The Bertz CT molecular complexity index is 1190. The summed E-state index contributed by atoms with van der Waals surface area (Å²) < 4.78 is 15.1. The van der Waals surface area contributed by atoms with Crippen molar-refractivity contribution in [1.82, 2.24) is 4.57 Å². The molecule has 1 heterocycles. The van der Waals surface area contributed by atoms with E-state index in [2.05, 4.69) is 0 Å². The number of aryl methyl sites for hydroxylation is 1. The first-order valence-corrected chi connectivity index (χ1v) is 7.91. The van der Waals surface area contributed by atoms with E-state index in [1.165, 1.54) is 6.07 Å². The molecule has 25 heavy (non-hydrogen) atoms. The Morgan fingerprint density at radius 3 is 1.68 bits per heavy atom. The topological polar surface area (TPSA) is 39.1 Å². The first-order chi connectivity index (χ1) is 12.1. The zero-order chi connectivity index (χ0) is 17.6. The Morgan fingerprint density at radius 1 is 0.720 bits per heavy atom.